The molecule has 4 aromatic rings. The predicted octanol–water partition coefficient (Wildman–Crippen LogP) is 5.32. The molecule has 2 heterocycles. The number of nitrogens with one attached hydrogen (secondary N) is 1. The van der Waals surface area contributed by atoms with E-state index in [0.717, 1.165) is 10.9 Å². The molecule has 0 saturated heterocycles. The van der Waals surface area contributed by atoms with Crippen LogP contribution in [0.25, 0.3) is 11.0 Å². The maximum atomic E-state index is 13.0. The van der Waals surface area contributed by atoms with E-state index in [-0.39, 0.29) is 18.0 Å². The van der Waals surface area contributed by atoms with E-state index in [0.29, 0.717) is 34.3 Å². The first-order chi connectivity index (χ1) is 15.0. The normalized spacial score (nSPS) is 11.8. The van der Waals surface area contributed by atoms with Crippen molar-refractivity contribution in [2.45, 2.75) is 26.3 Å². The number of ether oxygens (including phenoxy) is 1. The third-order valence-corrected chi connectivity index (χ3v) is 4.97. The molecule has 0 unspecified atom stereocenters. The molecule has 158 valence electrons. The molecule has 0 aliphatic carbocycles. The monoisotopic (exact) mass is 416 g/mol. The lowest BCUT2D eigenvalue weighted by atomic mass is 10.0. The van der Waals surface area contributed by atoms with Crippen LogP contribution in [0.2, 0.25) is 0 Å². The zero-order chi connectivity index (χ0) is 21.8. The largest absolute Gasteiger partial charge is 0.493 e. The number of para-hydroxylation sites is 1. The van der Waals surface area contributed by atoms with Crippen molar-refractivity contribution < 1.29 is 18.4 Å². The average Bonchev–Trinajstić information content (AvgIpc) is 3.30. The topological polar surface area (TPSA) is 77.0 Å². The summed E-state index contributed by atoms with van der Waals surface area (Å²) in [4.78, 5) is 17.7. The maximum absolute atomic E-state index is 13.0. The molecular formula is C25H24N2O4. The zero-order valence-electron chi connectivity index (χ0n) is 17.7. The molecule has 1 N–H and O–H groups in total. The highest BCUT2D eigenvalue weighted by Crippen LogP contribution is 2.25. The van der Waals surface area contributed by atoms with Crippen molar-refractivity contribution in [3.05, 3.63) is 89.4 Å². The van der Waals surface area contributed by atoms with E-state index in [4.69, 9.17) is 13.6 Å². The van der Waals surface area contributed by atoms with Gasteiger partial charge in [0.25, 0.3) is 5.91 Å². The fourth-order valence-corrected chi connectivity index (χ4v) is 3.28. The number of rotatable bonds is 6. The number of carbonyl (C=O) groups is 1. The van der Waals surface area contributed by atoms with E-state index in [9.17, 15) is 4.79 Å². The van der Waals surface area contributed by atoms with Crippen LogP contribution in [0.3, 0.4) is 0 Å². The Morgan fingerprint density at radius 2 is 1.94 bits per heavy atom. The van der Waals surface area contributed by atoms with Crippen LogP contribution in [0.5, 0.6) is 5.75 Å². The Balaban J connectivity index is 1.83. The van der Waals surface area contributed by atoms with Crippen molar-refractivity contribution in [1.82, 2.24) is 5.32 Å². The van der Waals surface area contributed by atoms with Gasteiger partial charge in [-0.05, 0) is 47.9 Å². The minimum absolute atomic E-state index is 0.217. The van der Waals surface area contributed by atoms with Crippen molar-refractivity contribution in [3.8, 4) is 5.75 Å². The molecular weight excluding hydrogens is 392 g/mol. The Morgan fingerprint density at radius 3 is 2.68 bits per heavy atom. The molecule has 0 spiro atoms. The van der Waals surface area contributed by atoms with Gasteiger partial charge in [-0.1, -0.05) is 38.1 Å². The first-order valence-corrected chi connectivity index (χ1v) is 10.1. The van der Waals surface area contributed by atoms with Gasteiger partial charge in [0.1, 0.15) is 11.3 Å². The lowest BCUT2D eigenvalue weighted by Gasteiger charge is -2.09. The summed E-state index contributed by atoms with van der Waals surface area (Å²) in [7, 11) is 1.58. The van der Waals surface area contributed by atoms with Crippen LogP contribution in [-0.2, 0) is 6.54 Å². The molecule has 1 amide bonds. The Bertz CT molecular complexity index is 1270. The molecule has 2 aromatic carbocycles. The van der Waals surface area contributed by atoms with E-state index in [1.807, 2.05) is 36.4 Å². The van der Waals surface area contributed by atoms with Crippen molar-refractivity contribution in [2.75, 3.05) is 7.11 Å². The number of carbonyl (C=O) groups excluding carboxylic acids is 1. The zero-order valence-corrected chi connectivity index (χ0v) is 17.7. The second kappa shape index (κ2) is 8.92. The van der Waals surface area contributed by atoms with Gasteiger partial charge in [-0.15, -0.1) is 0 Å². The average molecular weight is 416 g/mol. The predicted molar refractivity (Wildman–Crippen MR) is 118 cm³/mol. The van der Waals surface area contributed by atoms with Gasteiger partial charge >= 0.3 is 0 Å². The summed E-state index contributed by atoms with van der Waals surface area (Å²) in [6, 6.07) is 18.8. The van der Waals surface area contributed by atoms with Gasteiger partial charge in [-0.2, -0.15) is 0 Å². The Morgan fingerprint density at radius 1 is 1.10 bits per heavy atom. The van der Waals surface area contributed by atoms with Gasteiger partial charge in [0.2, 0.25) is 5.55 Å². The summed E-state index contributed by atoms with van der Waals surface area (Å²) >= 11 is 0. The Kier molecular flexibility index (Phi) is 5.89. The Hall–Kier alpha value is -3.80. The molecule has 0 bridgehead atoms. The summed E-state index contributed by atoms with van der Waals surface area (Å²) < 4.78 is 16.8. The molecule has 6 nitrogen and oxygen atoms in total. The summed E-state index contributed by atoms with van der Waals surface area (Å²) in [5.41, 5.74) is 2.95. The second-order valence-electron chi connectivity index (χ2n) is 7.47. The number of nitrogens with zero attached hydrogens (tertiary/aromatic N) is 1. The van der Waals surface area contributed by atoms with Gasteiger partial charge in [0.15, 0.2) is 11.3 Å². The van der Waals surface area contributed by atoms with Crippen molar-refractivity contribution >= 4 is 22.6 Å². The van der Waals surface area contributed by atoms with Gasteiger partial charge in [0, 0.05) is 5.39 Å². The summed E-state index contributed by atoms with van der Waals surface area (Å²) in [5, 5.41) is 3.61. The van der Waals surface area contributed by atoms with Crippen LogP contribution >= 0.6 is 0 Å². The van der Waals surface area contributed by atoms with Crippen molar-refractivity contribution in [2.24, 2.45) is 4.99 Å². The molecule has 0 saturated carbocycles. The lowest BCUT2D eigenvalue weighted by molar-refractivity contribution is 0.0944. The summed E-state index contributed by atoms with van der Waals surface area (Å²) in [6.07, 6.45) is 1.57. The second-order valence-corrected chi connectivity index (χ2v) is 7.47. The lowest BCUT2D eigenvalue weighted by Crippen LogP contribution is -2.28. The number of amides is 1. The molecule has 0 aliphatic rings. The minimum atomic E-state index is -0.302. The molecule has 4 rings (SSSR count). The van der Waals surface area contributed by atoms with E-state index in [2.05, 4.69) is 30.2 Å². The van der Waals surface area contributed by atoms with Crippen molar-refractivity contribution in [1.29, 1.82) is 0 Å². The third-order valence-electron chi connectivity index (χ3n) is 4.97. The number of hydrogen-bond donors (Lipinski definition) is 1. The highest BCUT2D eigenvalue weighted by atomic mass is 16.5. The third kappa shape index (κ3) is 4.53. The summed E-state index contributed by atoms with van der Waals surface area (Å²) in [6.45, 7) is 4.51. The van der Waals surface area contributed by atoms with Crippen LogP contribution in [0, 0.1) is 0 Å². The first kappa shape index (κ1) is 20.5. The number of hydrogen-bond acceptors (Lipinski definition) is 5. The first-order valence-electron chi connectivity index (χ1n) is 10.1. The fraction of sp³-hybridized carbons (Fsp3) is 0.200. The van der Waals surface area contributed by atoms with Gasteiger partial charge in [-0.25, -0.2) is 4.99 Å². The maximum Gasteiger partial charge on any atom is 0.257 e. The number of furan rings is 1. The SMILES string of the molecule is COc1cccc2cc(C(=O)NCc3ccco3)c(=Nc3cccc(C(C)C)c3)oc12. The standard InChI is InChI=1S/C25H24N2O4/c1-16(2)17-7-4-9-19(13-17)27-25-21(24(28)26-15-20-10-6-12-30-20)14-18-8-5-11-22(29-3)23(18)31-25/h4-14,16H,15H2,1-3H3,(H,26,28). The highest BCUT2D eigenvalue weighted by molar-refractivity contribution is 5.97. The van der Waals surface area contributed by atoms with E-state index in [1.54, 1.807) is 31.6 Å². The van der Waals surface area contributed by atoms with E-state index >= 15 is 0 Å². The smallest absolute Gasteiger partial charge is 0.257 e. The molecule has 2 aromatic heterocycles. The van der Waals surface area contributed by atoms with Crippen LogP contribution < -0.4 is 15.6 Å². The summed E-state index contributed by atoms with van der Waals surface area (Å²) in [5.74, 6) is 1.30. The highest BCUT2D eigenvalue weighted by Gasteiger charge is 2.15. The Labute approximate surface area is 180 Å². The van der Waals surface area contributed by atoms with Crippen LogP contribution in [-0.4, -0.2) is 13.0 Å². The quantitative estimate of drug-likeness (QED) is 0.461. The van der Waals surface area contributed by atoms with Gasteiger partial charge in [0.05, 0.1) is 25.6 Å². The molecule has 0 atom stereocenters. The number of benzene rings is 2. The van der Waals surface area contributed by atoms with E-state index < -0.39 is 0 Å². The molecule has 6 heteroatoms. The molecule has 0 radical (unpaired) electrons. The number of methoxy groups -OCH3 is 1. The van der Waals surface area contributed by atoms with Crippen LogP contribution in [0.15, 0.2) is 80.8 Å². The van der Waals surface area contributed by atoms with Crippen LogP contribution in [0.1, 0.15) is 41.4 Å². The molecule has 0 fully saturated rings. The fourth-order valence-electron chi connectivity index (χ4n) is 3.28. The molecule has 31 heavy (non-hydrogen) atoms. The number of fused-ring (bicyclic) bond motifs is 1. The van der Waals surface area contributed by atoms with Crippen LogP contribution in [0.4, 0.5) is 5.69 Å². The van der Waals surface area contributed by atoms with E-state index in [1.165, 1.54) is 0 Å². The van der Waals surface area contributed by atoms with Gasteiger partial charge in [-0.3, -0.25) is 4.79 Å². The minimum Gasteiger partial charge on any atom is -0.493 e. The van der Waals surface area contributed by atoms with Gasteiger partial charge < -0.3 is 18.9 Å². The molecule has 0 aliphatic heterocycles. The van der Waals surface area contributed by atoms with Crippen molar-refractivity contribution in [3.63, 3.8) is 0 Å².